The van der Waals surface area contributed by atoms with Crippen molar-refractivity contribution < 1.29 is 14.3 Å². The third kappa shape index (κ3) is 3.82. The number of thiazole rings is 1. The van der Waals surface area contributed by atoms with E-state index in [0.717, 1.165) is 28.4 Å². The van der Waals surface area contributed by atoms with Crippen LogP contribution in [0.3, 0.4) is 0 Å². The monoisotopic (exact) mass is 305 g/mol. The summed E-state index contributed by atoms with van der Waals surface area (Å²) in [5.74, 6) is 0.517. The van der Waals surface area contributed by atoms with Gasteiger partial charge in [0, 0.05) is 6.42 Å². The summed E-state index contributed by atoms with van der Waals surface area (Å²) in [7, 11) is 1.64. The van der Waals surface area contributed by atoms with Crippen LogP contribution in [-0.2, 0) is 17.6 Å². The number of benzene rings is 1. The van der Waals surface area contributed by atoms with Crippen molar-refractivity contribution in [3.05, 3.63) is 45.4 Å². The number of esters is 1. The second-order valence-corrected chi connectivity index (χ2v) is 5.57. The number of ether oxygens (including phenoxy) is 2. The molecule has 2 aromatic rings. The first kappa shape index (κ1) is 15.5. The number of hydrogen-bond donors (Lipinski definition) is 0. The lowest BCUT2D eigenvalue weighted by Crippen LogP contribution is -2.06. The highest BCUT2D eigenvalue weighted by molar-refractivity contribution is 7.13. The summed E-state index contributed by atoms with van der Waals surface area (Å²) in [6.07, 6.45) is 1.41. The molecule has 0 aliphatic heterocycles. The summed E-state index contributed by atoms with van der Waals surface area (Å²) in [5, 5.41) is 0.955. The van der Waals surface area contributed by atoms with Gasteiger partial charge in [-0.2, -0.15) is 0 Å². The molecule has 5 heteroatoms. The molecule has 1 aromatic heterocycles. The van der Waals surface area contributed by atoms with E-state index in [0.29, 0.717) is 17.9 Å². The highest BCUT2D eigenvalue weighted by Crippen LogP contribution is 2.24. The molecule has 0 fully saturated rings. The largest absolute Gasteiger partial charge is 0.497 e. The quantitative estimate of drug-likeness (QED) is 0.767. The van der Waals surface area contributed by atoms with Crippen molar-refractivity contribution in [2.45, 2.75) is 26.7 Å². The third-order valence-electron chi connectivity index (χ3n) is 3.01. The van der Waals surface area contributed by atoms with Gasteiger partial charge in [-0.05, 0) is 31.0 Å². The smallest absolute Gasteiger partial charge is 0.350 e. The SMILES string of the molecule is CCOC(=O)c1sc(CC)nc1Cc1cccc(OC)c1. The Morgan fingerprint density at radius 1 is 1.33 bits per heavy atom. The molecular weight excluding hydrogens is 286 g/mol. The lowest BCUT2D eigenvalue weighted by atomic mass is 10.1. The number of carbonyl (C=O) groups excluding carboxylic acids is 1. The summed E-state index contributed by atoms with van der Waals surface area (Å²) < 4.78 is 10.3. The average molecular weight is 305 g/mol. The number of nitrogens with zero attached hydrogens (tertiary/aromatic N) is 1. The summed E-state index contributed by atoms with van der Waals surface area (Å²) in [6, 6.07) is 7.79. The second-order valence-electron chi connectivity index (χ2n) is 4.49. The number of carbonyl (C=O) groups is 1. The molecule has 1 aromatic carbocycles. The maximum atomic E-state index is 12.0. The lowest BCUT2D eigenvalue weighted by Gasteiger charge is -2.05. The first-order chi connectivity index (χ1) is 10.2. The van der Waals surface area contributed by atoms with Gasteiger partial charge in [0.15, 0.2) is 0 Å². The Bertz CT molecular complexity index is 622. The zero-order chi connectivity index (χ0) is 15.2. The molecule has 2 rings (SSSR count). The van der Waals surface area contributed by atoms with E-state index >= 15 is 0 Å². The van der Waals surface area contributed by atoms with Crippen LogP contribution in [0.5, 0.6) is 5.75 Å². The van der Waals surface area contributed by atoms with Crippen molar-refractivity contribution in [3.63, 3.8) is 0 Å². The Labute approximate surface area is 128 Å². The molecule has 0 unspecified atom stereocenters. The zero-order valence-corrected chi connectivity index (χ0v) is 13.3. The van der Waals surface area contributed by atoms with Crippen molar-refractivity contribution in [3.8, 4) is 5.75 Å². The van der Waals surface area contributed by atoms with Crippen LogP contribution >= 0.6 is 11.3 Å². The van der Waals surface area contributed by atoms with E-state index in [9.17, 15) is 4.79 Å². The normalized spacial score (nSPS) is 10.4. The van der Waals surface area contributed by atoms with Crippen LogP contribution in [0.4, 0.5) is 0 Å². The Morgan fingerprint density at radius 3 is 2.81 bits per heavy atom. The van der Waals surface area contributed by atoms with E-state index in [1.54, 1.807) is 14.0 Å². The molecule has 1 heterocycles. The van der Waals surface area contributed by atoms with Crippen LogP contribution in [0.2, 0.25) is 0 Å². The number of rotatable bonds is 6. The number of aryl methyl sites for hydroxylation is 1. The molecule has 4 nitrogen and oxygen atoms in total. The number of hydrogen-bond acceptors (Lipinski definition) is 5. The lowest BCUT2D eigenvalue weighted by molar-refractivity contribution is 0.0530. The Balaban J connectivity index is 2.29. The van der Waals surface area contributed by atoms with Crippen LogP contribution in [0.25, 0.3) is 0 Å². The van der Waals surface area contributed by atoms with Gasteiger partial charge < -0.3 is 9.47 Å². The van der Waals surface area contributed by atoms with Gasteiger partial charge in [-0.1, -0.05) is 19.1 Å². The molecule has 0 radical (unpaired) electrons. The van der Waals surface area contributed by atoms with E-state index in [1.165, 1.54) is 11.3 Å². The predicted molar refractivity (Wildman–Crippen MR) is 83.2 cm³/mol. The van der Waals surface area contributed by atoms with E-state index < -0.39 is 0 Å². The zero-order valence-electron chi connectivity index (χ0n) is 12.5. The van der Waals surface area contributed by atoms with E-state index in [4.69, 9.17) is 9.47 Å². The van der Waals surface area contributed by atoms with Gasteiger partial charge in [0.2, 0.25) is 0 Å². The molecule has 0 atom stereocenters. The Kier molecular flexibility index (Phi) is 5.33. The van der Waals surface area contributed by atoms with Gasteiger partial charge in [0.25, 0.3) is 0 Å². The maximum absolute atomic E-state index is 12.0. The topological polar surface area (TPSA) is 48.4 Å². The molecule has 21 heavy (non-hydrogen) atoms. The molecule has 0 aliphatic carbocycles. The summed E-state index contributed by atoms with van der Waals surface area (Å²) in [4.78, 5) is 17.2. The summed E-state index contributed by atoms with van der Waals surface area (Å²) in [5.41, 5.74) is 1.84. The van der Waals surface area contributed by atoms with Crippen molar-refractivity contribution in [2.24, 2.45) is 0 Å². The standard InChI is InChI=1S/C16H19NO3S/c1-4-14-17-13(15(21-14)16(18)20-5-2)10-11-7-6-8-12(9-11)19-3/h6-9H,4-5,10H2,1-3H3. The minimum Gasteiger partial charge on any atom is -0.497 e. The molecule has 0 spiro atoms. The van der Waals surface area contributed by atoms with E-state index in [1.807, 2.05) is 31.2 Å². The Hall–Kier alpha value is -1.88. The minimum atomic E-state index is -0.285. The molecule has 0 bridgehead atoms. The van der Waals surface area contributed by atoms with E-state index in [-0.39, 0.29) is 5.97 Å². The van der Waals surface area contributed by atoms with Crippen LogP contribution in [0, 0.1) is 0 Å². The van der Waals surface area contributed by atoms with Crippen molar-refractivity contribution in [1.82, 2.24) is 4.98 Å². The molecule has 0 N–H and O–H groups in total. The Morgan fingerprint density at radius 2 is 2.14 bits per heavy atom. The van der Waals surface area contributed by atoms with Crippen LogP contribution in [0.1, 0.15) is 39.8 Å². The van der Waals surface area contributed by atoms with Gasteiger partial charge >= 0.3 is 5.97 Å². The van der Waals surface area contributed by atoms with Crippen LogP contribution in [-0.4, -0.2) is 24.7 Å². The van der Waals surface area contributed by atoms with Gasteiger partial charge in [0.05, 0.1) is 24.4 Å². The fourth-order valence-electron chi connectivity index (χ4n) is 2.00. The highest BCUT2D eigenvalue weighted by Gasteiger charge is 2.19. The molecule has 0 saturated heterocycles. The predicted octanol–water partition coefficient (Wildman–Crippen LogP) is 3.48. The van der Waals surface area contributed by atoms with Crippen molar-refractivity contribution >= 4 is 17.3 Å². The second kappa shape index (κ2) is 7.22. The molecule has 0 amide bonds. The molecular formula is C16H19NO3S. The first-order valence-corrected chi connectivity index (χ1v) is 7.78. The maximum Gasteiger partial charge on any atom is 0.350 e. The fourth-order valence-corrected chi connectivity index (χ4v) is 2.92. The number of methoxy groups -OCH3 is 1. The van der Waals surface area contributed by atoms with Crippen molar-refractivity contribution in [1.29, 1.82) is 0 Å². The van der Waals surface area contributed by atoms with Crippen LogP contribution in [0.15, 0.2) is 24.3 Å². The van der Waals surface area contributed by atoms with Crippen molar-refractivity contribution in [2.75, 3.05) is 13.7 Å². The van der Waals surface area contributed by atoms with Gasteiger partial charge in [-0.15, -0.1) is 11.3 Å². The summed E-state index contributed by atoms with van der Waals surface area (Å²) in [6.45, 7) is 4.21. The van der Waals surface area contributed by atoms with Crippen LogP contribution < -0.4 is 4.74 Å². The molecule has 0 aliphatic rings. The first-order valence-electron chi connectivity index (χ1n) is 6.96. The van der Waals surface area contributed by atoms with E-state index in [2.05, 4.69) is 4.98 Å². The average Bonchev–Trinajstić information content (AvgIpc) is 2.91. The summed E-state index contributed by atoms with van der Waals surface area (Å²) >= 11 is 1.42. The molecule has 0 saturated carbocycles. The van der Waals surface area contributed by atoms with Gasteiger partial charge in [-0.3, -0.25) is 0 Å². The van der Waals surface area contributed by atoms with Gasteiger partial charge in [-0.25, -0.2) is 9.78 Å². The molecule has 112 valence electrons. The minimum absolute atomic E-state index is 0.285. The number of aromatic nitrogens is 1. The third-order valence-corrected chi connectivity index (χ3v) is 4.23. The van der Waals surface area contributed by atoms with Gasteiger partial charge in [0.1, 0.15) is 10.6 Å². The fraction of sp³-hybridized carbons (Fsp3) is 0.375. The highest BCUT2D eigenvalue weighted by atomic mass is 32.1.